The lowest BCUT2D eigenvalue weighted by Crippen LogP contribution is -2.30. The monoisotopic (exact) mass is 271 g/mol. The van der Waals surface area contributed by atoms with Crippen molar-refractivity contribution in [1.29, 1.82) is 0 Å². The molecule has 0 N–H and O–H groups in total. The van der Waals surface area contributed by atoms with Gasteiger partial charge in [0.2, 0.25) is 0 Å². The standard InChI is InChI=1S/C14H16F3NO/c1-10(19)9-13-3-2-8-18(13)12-6-4-11(5-7-12)14(15,16)17/h4-7,13H,2-3,8-9H2,1H3/t13-/m1/s1. The Kier molecular flexibility index (Phi) is 3.83. The first-order valence-electron chi connectivity index (χ1n) is 6.31. The molecule has 104 valence electrons. The SMILES string of the molecule is CC(=O)C[C@H]1CCCN1c1ccc(C(F)(F)F)cc1. The van der Waals surface area contributed by atoms with Crippen LogP contribution in [0.5, 0.6) is 0 Å². The smallest absolute Gasteiger partial charge is 0.368 e. The van der Waals surface area contributed by atoms with Crippen molar-refractivity contribution >= 4 is 11.5 Å². The zero-order chi connectivity index (χ0) is 14.0. The van der Waals surface area contributed by atoms with Crippen LogP contribution >= 0.6 is 0 Å². The van der Waals surface area contributed by atoms with Crippen LogP contribution in [0.15, 0.2) is 24.3 Å². The third kappa shape index (κ3) is 3.28. The van der Waals surface area contributed by atoms with E-state index in [9.17, 15) is 18.0 Å². The molecule has 1 atom stereocenters. The van der Waals surface area contributed by atoms with Crippen LogP contribution in [0.4, 0.5) is 18.9 Å². The summed E-state index contributed by atoms with van der Waals surface area (Å²) in [5.41, 5.74) is 0.121. The molecule has 1 aromatic rings. The molecule has 1 heterocycles. The number of alkyl halides is 3. The largest absolute Gasteiger partial charge is 0.416 e. The van der Waals surface area contributed by atoms with Crippen LogP contribution in [-0.2, 0) is 11.0 Å². The quantitative estimate of drug-likeness (QED) is 0.836. The van der Waals surface area contributed by atoms with E-state index in [1.54, 1.807) is 6.92 Å². The number of hydrogen-bond donors (Lipinski definition) is 0. The summed E-state index contributed by atoms with van der Waals surface area (Å²) in [6, 6.07) is 5.29. The Labute approximate surface area is 110 Å². The second kappa shape index (κ2) is 5.23. The minimum atomic E-state index is -4.30. The van der Waals surface area contributed by atoms with Gasteiger partial charge in [0.25, 0.3) is 0 Å². The second-order valence-corrected chi connectivity index (χ2v) is 4.94. The maximum Gasteiger partial charge on any atom is 0.416 e. The number of carbonyl (C=O) groups excluding carboxylic acids is 1. The van der Waals surface area contributed by atoms with Crippen LogP contribution < -0.4 is 4.90 Å². The van der Waals surface area contributed by atoms with Gasteiger partial charge in [-0.15, -0.1) is 0 Å². The Morgan fingerprint density at radius 1 is 1.32 bits per heavy atom. The minimum Gasteiger partial charge on any atom is -0.368 e. The third-order valence-corrected chi connectivity index (χ3v) is 3.43. The van der Waals surface area contributed by atoms with Crippen LogP contribution in [-0.4, -0.2) is 18.4 Å². The molecule has 0 saturated carbocycles. The van der Waals surface area contributed by atoms with Gasteiger partial charge in [-0.25, -0.2) is 0 Å². The van der Waals surface area contributed by atoms with Crippen molar-refractivity contribution in [1.82, 2.24) is 0 Å². The molecule has 5 heteroatoms. The molecule has 0 bridgehead atoms. The lowest BCUT2D eigenvalue weighted by molar-refractivity contribution is -0.137. The molecule has 0 unspecified atom stereocenters. The van der Waals surface area contributed by atoms with Crippen molar-refractivity contribution in [2.24, 2.45) is 0 Å². The summed E-state index contributed by atoms with van der Waals surface area (Å²) in [4.78, 5) is 13.2. The number of anilines is 1. The molecule has 2 nitrogen and oxygen atoms in total. The van der Waals surface area contributed by atoms with E-state index >= 15 is 0 Å². The molecule has 1 saturated heterocycles. The fraction of sp³-hybridized carbons (Fsp3) is 0.500. The van der Waals surface area contributed by atoms with Crippen LogP contribution in [0.2, 0.25) is 0 Å². The van der Waals surface area contributed by atoms with Crippen molar-refractivity contribution < 1.29 is 18.0 Å². The van der Waals surface area contributed by atoms with Crippen molar-refractivity contribution in [2.75, 3.05) is 11.4 Å². The van der Waals surface area contributed by atoms with Crippen LogP contribution in [0.3, 0.4) is 0 Å². The number of ketones is 1. The summed E-state index contributed by atoms with van der Waals surface area (Å²) in [6.07, 6.45) is -1.96. The summed E-state index contributed by atoms with van der Waals surface area (Å²) in [5, 5.41) is 0. The van der Waals surface area contributed by atoms with Gasteiger partial charge in [0, 0.05) is 24.7 Å². The number of Topliss-reactive ketones (excluding diaryl/α,β-unsaturated/α-hetero) is 1. The molecule has 0 amide bonds. The lowest BCUT2D eigenvalue weighted by atomic mass is 10.1. The van der Waals surface area contributed by atoms with E-state index in [4.69, 9.17) is 0 Å². The topological polar surface area (TPSA) is 20.3 Å². The van der Waals surface area contributed by atoms with Crippen molar-refractivity contribution in [3.05, 3.63) is 29.8 Å². The highest BCUT2D eigenvalue weighted by atomic mass is 19.4. The summed E-state index contributed by atoms with van der Waals surface area (Å²) in [6.45, 7) is 2.34. The minimum absolute atomic E-state index is 0.115. The first-order valence-corrected chi connectivity index (χ1v) is 6.31. The Morgan fingerprint density at radius 2 is 1.95 bits per heavy atom. The Morgan fingerprint density at radius 3 is 2.47 bits per heavy atom. The van der Waals surface area contributed by atoms with E-state index < -0.39 is 11.7 Å². The molecular weight excluding hydrogens is 255 g/mol. The van der Waals surface area contributed by atoms with E-state index in [1.165, 1.54) is 12.1 Å². The zero-order valence-electron chi connectivity index (χ0n) is 10.7. The molecule has 0 aliphatic carbocycles. The van der Waals surface area contributed by atoms with Crippen molar-refractivity contribution in [3.8, 4) is 0 Å². The van der Waals surface area contributed by atoms with E-state index in [1.807, 2.05) is 4.90 Å². The number of benzene rings is 1. The van der Waals surface area contributed by atoms with Gasteiger partial charge in [-0.3, -0.25) is 4.79 Å². The Hall–Kier alpha value is -1.52. The first-order chi connectivity index (χ1) is 8.88. The van der Waals surface area contributed by atoms with Crippen molar-refractivity contribution in [2.45, 2.75) is 38.4 Å². The van der Waals surface area contributed by atoms with E-state index in [0.717, 1.165) is 37.2 Å². The lowest BCUT2D eigenvalue weighted by Gasteiger charge is -2.26. The molecule has 1 aliphatic rings. The van der Waals surface area contributed by atoms with Gasteiger partial charge in [0.1, 0.15) is 5.78 Å². The zero-order valence-corrected chi connectivity index (χ0v) is 10.7. The molecule has 1 aliphatic heterocycles. The summed E-state index contributed by atoms with van der Waals surface area (Å²) in [7, 11) is 0. The van der Waals surface area contributed by atoms with Crippen molar-refractivity contribution in [3.63, 3.8) is 0 Å². The van der Waals surface area contributed by atoms with Gasteiger partial charge in [-0.1, -0.05) is 0 Å². The Balaban J connectivity index is 2.15. The highest BCUT2D eigenvalue weighted by molar-refractivity contribution is 5.77. The van der Waals surface area contributed by atoms with E-state index in [2.05, 4.69) is 0 Å². The number of halogens is 3. The molecule has 19 heavy (non-hydrogen) atoms. The summed E-state index contributed by atoms with van der Waals surface area (Å²) >= 11 is 0. The predicted molar refractivity (Wildman–Crippen MR) is 67.1 cm³/mol. The molecule has 1 fully saturated rings. The van der Waals surface area contributed by atoms with Crippen LogP contribution in [0.1, 0.15) is 31.7 Å². The van der Waals surface area contributed by atoms with Gasteiger partial charge in [0.05, 0.1) is 5.56 Å². The predicted octanol–water partition coefficient (Wildman–Crippen LogP) is 3.65. The van der Waals surface area contributed by atoms with Gasteiger partial charge in [-0.05, 0) is 44.0 Å². The fourth-order valence-corrected chi connectivity index (χ4v) is 2.56. The maximum absolute atomic E-state index is 12.5. The summed E-state index contributed by atoms with van der Waals surface area (Å²) < 4.78 is 37.5. The Bertz CT molecular complexity index is 453. The molecular formula is C14H16F3NO. The van der Waals surface area contributed by atoms with Crippen LogP contribution in [0.25, 0.3) is 0 Å². The fourth-order valence-electron chi connectivity index (χ4n) is 2.56. The third-order valence-electron chi connectivity index (χ3n) is 3.43. The normalized spacial score (nSPS) is 19.8. The number of nitrogens with zero attached hydrogens (tertiary/aromatic N) is 1. The average Bonchev–Trinajstić information content (AvgIpc) is 2.75. The van der Waals surface area contributed by atoms with Gasteiger partial charge >= 0.3 is 6.18 Å². The highest BCUT2D eigenvalue weighted by Gasteiger charge is 2.31. The molecule has 0 spiro atoms. The summed E-state index contributed by atoms with van der Waals surface area (Å²) in [5.74, 6) is 0.115. The maximum atomic E-state index is 12.5. The number of hydrogen-bond acceptors (Lipinski definition) is 2. The molecule has 1 aromatic carbocycles. The number of carbonyl (C=O) groups is 1. The van der Waals surface area contributed by atoms with E-state index in [0.29, 0.717) is 6.42 Å². The second-order valence-electron chi connectivity index (χ2n) is 4.94. The van der Waals surface area contributed by atoms with Gasteiger partial charge in [-0.2, -0.15) is 13.2 Å². The average molecular weight is 271 g/mol. The van der Waals surface area contributed by atoms with Crippen LogP contribution in [0, 0.1) is 0 Å². The van der Waals surface area contributed by atoms with Gasteiger partial charge in [0.15, 0.2) is 0 Å². The number of rotatable bonds is 3. The first kappa shape index (κ1) is 13.9. The molecule has 0 radical (unpaired) electrons. The van der Waals surface area contributed by atoms with E-state index in [-0.39, 0.29) is 11.8 Å². The highest BCUT2D eigenvalue weighted by Crippen LogP contribution is 2.32. The molecule has 2 rings (SSSR count). The molecule has 0 aromatic heterocycles. The van der Waals surface area contributed by atoms with Gasteiger partial charge < -0.3 is 4.90 Å².